The summed E-state index contributed by atoms with van der Waals surface area (Å²) in [5.74, 6) is 0. The monoisotopic (exact) mass is 269 g/mol. The lowest BCUT2D eigenvalue weighted by molar-refractivity contribution is 0.123. The van der Waals surface area contributed by atoms with E-state index in [-0.39, 0.29) is 6.04 Å². The number of benzene rings is 1. The smallest absolute Gasteiger partial charge is 0.407 e. The Bertz CT molecular complexity index is 467. The van der Waals surface area contributed by atoms with Crippen LogP contribution >= 0.6 is 11.6 Å². The molecule has 1 saturated heterocycles. The Morgan fingerprint density at radius 1 is 1.50 bits per heavy atom. The molecular formula is C12H16ClN3O2. The van der Waals surface area contributed by atoms with E-state index < -0.39 is 6.09 Å². The zero-order valence-corrected chi connectivity index (χ0v) is 10.9. The highest BCUT2D eigenvalue weighted by Gasteiger charge is 2.27. The van der Waals surface area contributed by atoms with Gasteiger partial charge in [-0.2, -0.15) is 0 Å². The van der Waals surface area contributed by atoms with E-state index in [0.29, 0.717) is 30.3 Å². The summed E-state index contributed by atoms with van der Waals surface area (Å²) >= 11 is 6.16. The summed E-state index contributed by atoms with van der Waals surface area (Å²) in [5, 5.41) is 9.62. The molecule has 1 aromatic rings. The number of hydrogen-bond donors (Lipinski definition) is 2. The number of nitrogen functional groups attached to an aromatic ring is 1. The van der Waals surface area contributed by atoms with Crippen LogP contribution in [0.15, 0.2) is 18.2 Å². The van der Waals surface area contributed by atoms with Gasteiger partial charge in [-0.05, 0) is 25.1 Å². The molecule has 18 heavy (non-hydrogen) atoms. The molecule has 0 saturated carbocycles. The van der Waals surface area contributed by atoms with Crippen LogP contribution in [0, 0.1) is 0 Å². The molecule has 3 N–H and O–H groups in total. The van der Waals surface area contributed by atoms with Gasteiger partial charge < -0.3 is 20.6 Å². The fourth-order valence-electron chi connectivity index (χ4n) is 2.24. The summed E-state index contributed by atoms with van der Waals surface area (Å²) < 4.78 is 0. The third kappa shape index (κ3) is 2.46. The Hall–Kier alpha value is -1.62. The van der Waals surface area contributed by atoms with Gasteiger partial charge in [0.1, 0.15) is 0 Å². The number of amides is 1. The Labute approximate surface area is 111 Å². The molecule has 1 unspecified atom stereocenters. The molecule has 1 aliphatic rings. The molecular weight excluding hydrogens is 254 g/mol. The van der Waals surface area contributed by atoms with E-state index >= 15 is 0 Å². The molecule has 1 atom stereocenters. The lowest BCUT2D eigenvalue weighted by atomic mass is 10.1. The molecule has 98 valence electrons. The van der Waals surface area contributed by atoms with E-state index in [2.05, 4.69) is 4.90 Å². The molecule has 0 aliphatic carbocycles. The van der Waals surface area contributed by atoms with Crippen molar-refractivity contribution in [2.45, 2.75) is 13.0 Å². The minimum Gasteiger partial charge on any atom is -0.465 e. The predicted octanol–water partition coefficient (Wildman–Crippen LogP) is 2.11. The highest BCUT2D eigenvalue weighted by molar-refractivity contribution is 6.33. The number of piperazine rings is 1. The van der Waals surface area contributed by atoms with Gasteiger partial charge in [-0.15, -0.1) is 0 Å². The van der Waals surface area contributed by atoms with Crippen LogP contribution in [-0.2, 0) is 0 Å². The molecule has 0 aromatic heterocycles. The number of hydrogen-bond acceptors (Lipinski definition) is 3. The molecule has 5 nitrogen and oxygen atoms in total. The van der Waals surface area contributed by atoms with Crippen molar-refractivity contribution in [2.24, 2.45) is 0 Å². The number of rotatable bonds is 1. The Morgan fingerprint density at radius 3 is 2.78 bits per heavy atom. The molecule has 1 aliphatic heterocycles. The van der Waals surface area contributed by atoms with Crippen molar-refractivity contribution in [2.75, 3.05) is 30.3 Å². The van der Waals surface area contributed by atoms with Crippen molar-refractivity contribution in [1.29, 1.82) is 0 Å². The van der Waals surface area contributed by atoms with Crippen molar-refractivity contribution in [3.05, 3.63) is 23.2 Å². The van der Waals surface area contributed by atoms with Crippen molar-refractivity contribution in [3.63, 3.8) is 0 Å². The maximum Gasteiger partial charge on any atom is 0.407 e. The first-order valence-corrected chi connectivity index (χ1v) is 6.16. The van der Waals surface area contributed by atoms with Crippen LogP contribution in [0.25, 0.3) is 0 Å². The van der Waals surface area contributed by atoms with Gasteiger partial charge in [0, 0.05) is 31.4 Å². The van der Waals surface area contributed by atoms with Crippen molar-refractivity contribution in [3.8, 4) is 0 Å². The third-order valence-electron chi connectivity index (χ3n) is 3.19. The molecule has 6 heteroatoms. The molecule has 1 aromatic carbocycles. The normalized spacial score (nSPS) is 20.0. The zero-order valence-electron chi connectivity index (χ0n) is 10.1. The van der Waals surface area contributed by atoms with Crippen molar-refractivity contribution < 1.29 is 9.90 Å². The van der Waals surface area contributed by atoms with Crippen LogP contribution in [0.5, 0.6) is 0 Å². The van der Waals surface area contributed by atoms with Crippen LogP contribution < -0.4 is 10.6 Å². The van der Waals surface area contributed by atoms with E-state index in [1.165, 1.54) is 4.90 Å². The third-order valence-corrected chi connectivity index (χ3v) is 3.49. The molecule has 0 radical (unpaired) electrons. The minimum absolute atomic E-state index is 0.0510. The van der Waals surface area contributed by atoms with Gasteiger partial charge in [-0.3, -0.25) is 0 Å². The van der Waals surface area contributed by atoms with Gasteiger partial charge in [-0.25, -0.2) is 4.79 Å². The van der Waals surface area contributed by atoms with Crippen LogP contribution in [0.4, 0.5) is 16.2 Å². The number of halogens is 1. The molecule has 1 fully saturated rings. The average Bonchev–Trinajstić information content (AvgIpc) is 2.28. The SMILES string of the molecule is CC1CN(c2ccc(N)cc2Cl)CCN1C(=O)O. The summed E-state index contributed by atoms with van der Waals surface area (Å²) in [6, 6.07) is 5.34. The van der Waals surface area contributed by atoms with E-state index in [0.717, 1.165) is 5.69 Å². The molecule has 1 amide bonds. The molecule has 0 bridgehead atoms. The van der Waals surface area contributed by atoms with Crippen LogP contribution in [-0.4, -0.2) is 41.8 Å². The molecule has 0 spiro atoms. The first-order valence-electron chi connectivity index (χ1n) is 5.78. The second kappa shape index (κ2) is 4.94. The second-order valence-electron chi connectivity index (χ2n) is 4.48. The van der Waals surface area contributed by atoms with Crippen molar-refractivity contribution in [1.82, 2.24) is 4.90 Å². The van der Waals surface area contributed by atoms with E-state index in [1.807, 2.05) is 13.0 Å². The Balaban J connectivity index is 2.15. The summed E-state index contributed by atoms with van der Waals surface area (Å²) in [6.45, 7) is 3.65. The standard InChI is InChI=1S/C12H16ClN3O2/c1-8-7-15(4-5-16(8)12(17)18)11-3-2-9(14)6-10(11)13/h2-3,6,8H,4-5,7,14H2,1H3,(H,17,18). The average molecular weight is 270 g/mol. The van der Waals surface area contributed by atoms with Gasteiger partial charge in [0.05, 0.1) is 10.7 Å². The predicted molar refractivity (Wildman–Crippen MR) is 72.3 cm³/mol. The summed E-state index contributed by atoms with van der Waals surface area (Å²) in [7, 11) is 0. The lowest BCUT2D eigenvalue weighted by Gasteiger charge is -2.39. The maximum absolute atomic E-state index is 11.0. The summed E-state index contributed by atoms with van der Waals surface area (Å²) in [5.41, 5.74) is 7.19. The second-order valence-corrected chi connectivity index (χ2v) is 4.89. The van der Waals surface area contributed by atoms with Gasteiger partial charge in [0.2, 0.25) is 0 Å². The quantitative estimate of drug-likeness (QED) is 0.766. The Kier molecular flexibility index (Phi) is 3.52. The maximum atomic E-state index is 11.0. The van der Waals surface area contributed by atoms with E-state index in [4.69, 9.17) is 22.4 Å². The topological polar surface area (TPSA) is 69.8 Å². The number of carbonyl (C=O) groups is 1. The number of nitrogens with zero attached hydrogens (tertiary/aromatic N) is 2. The van der Waals surface area contributed by atoms with Gasteiger partial charge >= 0.3 is 6.09 Å². The first-order chi connectivity index (χ1) is 8.49. The van der Waals surface area contributed by atoms with Crippen molar-refractivity contribution >= 4 is 29.1 Å². The number of nitrogens with two attached hydrogens (primary N) is 1. The number of anilines is 2. The lowest BCUT2D eigenvalue weighted by Crippen LogP contribution is -2.53. The fourth-order valence-corrected chi connectivity index (χ4v) is 2.55. The largest absolute Gasteiger partial charge is 0.465 e. The minimum atomic E-state index is -0.870. The van der Waals surface area contributed by atoms with E-state index in [1.54, 1.807) is 12.1 Å². The fraction of sp³-hybridized carbons (Fsp3) is 0.417. The molecule has 1 heterocycles. The van der Waals surface area contributed by atoms with Crippen LogP contribution in [0.1, 0.15) is 6.92 Å². The highest BCUT2D eigenvalue weighted by atomic mass is 35.5. The number of carboxylic acid groups (broad SMARTS) is 1. The Morgan fingerprint density at radius 2 is 2.22 bits per heavy atom. The summed E-state index contributed by atoms with van der Waals surface area (Å²) in [4.78, 5) is 14.5. The van der Waals surface area contributed by atoms with Gasteiger partial charge in [-0.1, -0.05) is 11.6 Å². The zero-order chi connectivity index (χ0) is 13.3. The molecule has 2 rings (SSSR count). The van der Waals surface area contributed by atoms with Gasteiger partial charge in [0.25, 0.3) is 0 Å². The van der Waals surface area contributed by atoms with E-state index in [9.17, 15) is 4.79 Å². The summed E-state index contributed by atoms with van der Waals surface area (Å²) in [6.07, 6.45) is -0.870. The van der Waals surface area contributed by atoms with Crippen LogP contribution in [0.2, 0.25) is 5.02 Å². The van der Waals surface area contributed by atoms with Crippen LogP contribution in [0.3, 0.4) is 0 Å². The highest BCUT2D eigenvalue weighted by Crippen LogP contribution is 2.29. The van der Waals surface area contributed by atoms with Gasteiger partial charge in [0.15, 0.2) is 0 Å². The first kappa shape index (κ1) is 12.8.